The van der Waals surface area contributed by atoms with Crippen molar-refractivity contribution in [2.75, 3.05) is 16.8 Å². The zero-order valence-electron chi connectivity index (χ0n) is 17.0. The van der Waals surface area contributed by atoms with Crippen LogP contribution in [0.4, 0.5) is 25.0 Å². The lowest BCUT2D eigenvalue weighted by Gasteiger charge is -2.31. The van der Waals surface area contributed by atoms with E-state index in [0.717, 1.165) is 5.56 Å². The third-order valence-corrected chi connectivity index (χ3v) is 4.80. The highest BCUT2D eigenvalue weighted by Crippen LogP contribution is 2.32. The molecule has 7 nitrogen and oxygen atoms in total. The Morgan fingerprint density at radius 2 is 2.00 bits per heavy atom. The molecular weight excluding hydrogens is 394 g/mol. The number of ether oxygens (including phenoxy) is 1. The third-order valence-electron chi connectivity index (χ3n) is 4.80. The monoisotopic (exact) mass is 418 g/mol. The average molecular weight is 418 g/mol. The van der Waals surface area contributed by atoms with E-state index in [1.807, 2.05) is 38.1 Å². The number of pyridine rings is 1. The van der Waals surface area contributed by atoms with E-state index in [9.17, 15) is 18.4 Å². The van der Waals surface area contributed by atoms with Crippen LogP contribution in [-0.4, -0.2) is 36.1 Å². The summed E-state index contributed by atoms with van der Waals surface area (Å²) >= 11 is 0. The average Bonchev–Trinajstić information content (AvgIpc) is 3.10. The summed E-state index contributed by atoms with van der Waals surface area (Å²) < 4.78 is 30.1. The minimum absolute atomic E-state index is 0.0233. The smallest absolute Gasteiger partial charge is 0.388 e. The molecule has 2 N–H and O–H groups in total. The molecule has 1 aliphatic heterocycles. The SMILES string of the molecule is Cc1ccc(NC(=O)N(c2ccccc2C(C)C)C2CNC(=O)C2)c(OC(F)F)n1. The van der Waals surface area contributed by atoms with E-state index >= 15 is 0 Å². The lowest BCUT2D eigenvalue weighted by Crippen LogP contribution is -2.45. The third kappa shape index (κ3) is 4.84. The Morgan fingerprint density at radius 3 is 2.63 bits per heavy atom. The Morgan fingerprint density at radius 1 is 1.27 bits per heavy atom. The first kappa shape index (κ1) is 21.5. The topological polar surface area (TPSA) is 83.6 Å². The van der Waals surface area contributed by atoms with Gasteiger partial charge in [-0.05, 0) is 36.6 Å². The summed E-state index contributed by atoms with van der Waals surface area (Å²) in [6.45, 7) is 2.86. The minimum atomic E-state index is -3.08. The molecule has 0 bridgehead atoms. The normalized spacial score (nSPS) is 16.0. The molecule has 160 valence electrons. The summed E-state index contributed by atoms with van der Waals surface area (Å²) in [6.07, 6.45) is 0.145. The van der Waals surface area contributed by atoms with Crippen molar-refractivity contribution in [2.45, 2.75) is 45.8 Å². The second-order valence-corrected chi connectivity index (χ2v) is 7.36. The molecule has 2 aromatic rings. The number of para-hydroxylation sites is 1. The number of carbonyl (C=O) groups excluding carboxylic acids is 2. The number of anilines is 2. The molecule has 0 saturated carbocycles. The number of carbonyl (C=O) groups is 2. The lowest BCUT2D eigenvalue weighted by atomic mass is 9.99. The molecule has 3 amide bonds. The number of aryl methyl sites for hydroxylation is 1. The number of aromatic nitrogens is 1. The van der Waals surface area contributed by atoms with Crippen LogP contribution in [0.3, 0.4) is 0 Å². The van der Waals surface area contributed by atoms with Gasteiger partial charge in [-0.2, -0.15) is 8.78 Å². The van der Waals surface area contributed by atoms with Crippen LogP contribution in [0.15, 0.2) is 36.4 Å². The number of rotatable bonds is 6. The number of benzene rings is 1. The van der Waals surface area contributed by atoms with Gasteiger partial charge >= 0.3 is 12.6 Å². The maximum absolute atomic E-state index is 13.3. The highest BCUT2D eigenvalue weighted by Gasteiger charge is 2.33. The van der Waals surface area contributed by atoms with Gasteiger partial charge in [-0.1, -0.05) is 32.0 Å². The molecule has 1 atom stereocenters. The second kappa shape index (κ2) is 9.06. The number of nitrogens with one attached hydrogen (secondary N) is 2. The van der Waals surface area contributed by atoms with Crippen LogP contribution in [0.2, 0.25) is 0 Å². The Kier molecular flexibility index (Phi) is 6.49. The first-order valence-corrected chi connectivity index (χ1v) is 9.64. The minimum Gasteiger partial charge on any atom is -0.415 e. The van der Waals surface area contributed by atoms with Crippen molar-refractivity contribution in [3.8, 4) is 5.88 Å². The van der Waals surface area contributed by atoms with Crippen molar-refractivity contribution in [3.63, 3.8) is 0 Å². The van der Waals surface area contributed by atoms with Gasteiger partial charge in [0.2, 0.25) is 11.8 Å². The Labute approximate surface area is 173 Å². The Hall–Kier alpha value is -3.23. The van der Waals surface area contributed by atoms with Crippen molar-refractivity contribution < 1.29 is 23.1 Å². The van der Waals surface area contributed by atoms with Gasteiger partial charge in [-0.25, -0.2) is 9.78 Å². The fraction of sp³-hybridized carbons (Fsp3) is 0.381. The summed E-state index contributed by atoms with van der Waals surface area (Å²) in [5.41, 5.74) is 2.08. The summed E-state index contributed by atoms with van der Waals surface area (Å²) in [6, 6.07) is 9.48. The van der Waals surface area contributed by atoms with Crippen LogP contribution in [0.25, 0.3) is 0 Å². The number of nitrogens with zero attached hydrogens (tertiary/aromatic N) is 2. The lowest BCUT2D eigenvalue weighted by molar-refractivity contribution is -0.119. The van der Waals surface area contributed by atoms with Crippen molar-refractivity contribution in [3.05, 3.63) is 47.7 Å². The predicted octanol–water partition coefficient (Wildman–Crippen LogP) is 4.04. The molecule has 3 rings (SSSR count). The largest absolute Gasteiger partial charge is 0.415 e. The Balaban J connectivity index is 1.98. The summed E-state index contributed by atoms with van der Waals surface area (Å²) in [4.78, 5) is 30.6. The van der Waals surface area contributed by atoms with Gasteiger partial charge in [0.05, 0.1) is 6.04 Å². The van der Waals surface area contributed by atoms with Gasteiger partial charge in [0.25, 0.3) is 0 Å². The van der Waals surface area contributed by atoms with Crippen molar-refractivity contribution in [1.29, 1.82) is 0 Å². The molecule has 0 radical (unpaired) electrons. The Bertz CT molecular complexity index is 936. The standard InChI is InChI=1S/C21H24F2N4O3/c1-12(2)15-6-4-5-7-17(15)27(14-10-18(28)24-11-14)21(29)26-16-9-8-13(3)25-19(16)30-20(22)23/h4-9,12,14,20H,10-11H2,1-3H3,(H,24,28)(H,26,29). The van der Waals surface area contributed by atoms with E-state index in [2.05, 4.69) is 20.4 Å². The van der Waals surface area contributed by atoms with Crippen LogP contribution in [0.5, 0.6) is 5.88 Å². The van der Waals surface area contributed by atoms with E-state index in [-0.39, 0.29) is 29.8 Å². The predicted molar refractivity (Wildman–Crippen MR) is 109 cm³/mol. The molecule has 1 aromatic heterocycles. The van der Waals surface area contributed by atoms with Crippen LogP contribution in [0.1, 0.15) is 37.4 Å². The molecule has 30 heavy (non-hydrogen) atoms. The molecule has 0 aliphatic carbocycles. The van der Waals surface area contributed by atoms with E-state index in [1.165, 1.54) is 11.0 Å². The number of hydrogen-bond acceptors (Lipinski definition) is 4. The van der Waals surface area contributed by atoms with Gasteiger partial charge < -0.3 is 15.4 Å². The van der Waals surface area contributed by atoms with E-state index < -0.39 is 18.7 Å². The van der Waals surface area contributed by atoms with E-state index in [4.69, 9.17) is 0 Å². The first-order valence-electron chi connectivity index (χ1n) is 9.64. The van der Waals surface area contributed by atoms with Crippen LogP contribution >= 0.6 is 0 Å². The zero-order chi connectivity index (χ0) is 21.8. The van der Waals surface area contributed by atoms with Gasteiger partial charge in [0.15, 0.2) is 0 Å². The first-order chi connectivity index (χ1) is 14.3. The summed E-state index contributed by atoms with van der Waals surface area (Å²) in [7, 11) is 0. The highest BCUT2D eigenvalue weighted by molar-refractivity contribution is 6.04. The van der Waals surface area contributed by atoms with Crippen molar-refractivity contribution in [2.24, 2.45) is 0 Å². The number of halogens is 2. The van der Waals surface area contributed by atoms with Gasteiger partial charge in [0.1, 0.15) is 5.69 Å². The molecule has 2 heterocycles. The van der Waals surface area contributed by atoms with Crippen LogP contribution in [-0.2, 0) is 4.79 Å². The maximum Gasteiger partial charge on any atom is 0.388 e. The molecule has 1 fully saturated rings. The molecule has 1 aromatic carbocycles. The number of amides is 3. The van der Waals surface area contributed by atoms with Gasteiger partial charge in [-0.3, -0.25) is 9.69 Å². The molecule has 1 saturated heterocycles. The molecular formula is C21H24F2N4O3. The van der Waals surface area contributed by atoms with E-state index in [0.29, 0.717) is 17.9 Å². The molecule has 1 aliphatic rings. The number of urea groups is 1. The van der Waals surface area contributed by atoms with Gasteiger partial charge in [-0.15, -0.1) is 0 Å². The van der Waals surface area contributed by atoms with Crippen LogP contribution < -0.4 is 20.3 Å². The summed E-state index contributed by atoms with van der Waals surface area (Å²) in [5.74, 6) is -0.394. The van der Waals surface area contributed by atoms with Gasteiger partial charge in [0, 0.05) is 24.3 Å². The molecule has 1 unspecified atom stereocenters. The molecule has 0 spiro atoms. The van der Waals surface area contributed by atoms with Crippen molar-refractivity contribution in [1.82, 2.24) is 10.3 Å². The second-order valence-electron chi connectivity index (χ2n) is 7.36. The van der Waals surface area contributed by atoms with Crippen LogP contribution in [0, 0.1) is 6.92 Å². The summed E-state index contributed by atoms with van der Waals surface area (Å²) in [5, 5.41) is 5.36. The highest BCUT2D eigenvalue weighted by atomic mass is 19.3. The maximum atomic E-state index is 13.3. The van der Waals surface area contributed by atoms with Crippen molar-refractivity contribution >= 4 is 23.3 Å². The fourth-order valence-corrected chi connectivity index (χ4v) is 3.42. The van der Waals surface area contributed by atoms with E-state index in [1.54, 1.807) is 13.0 Å². The number of alkyl halides is 2. The quantitative estimate of drug-likeness (QED) is 0.742. The number of hydrogen-bond donors (Lipinski definition) is 2. The molecule has 9 heteroatoms. The fourth-order valence-electron chi connectivity index (χ4n) is 3.42. The zero-order valence-corrected chi connectivity index (χ0v) is 17.0.